The quantitative estimate of drug-likeness (QED) is 0.576. The highest BCUT2D eigenvalue weighted by Crippen LogP contribution is 2.27. The molecule has 17 heavy (non-hydrogen) atoms. The first-order valence-electron chi connectivity index (χ1n) is 6.49. The average molecular weight is 230 g/mol. The molecule has 0 aliphatic heterocycles. The minimum atomic E-state index is 0.820. The Morgan fingerprint density at radius 1 is 1.35 bits per heavy atom. The Hall–Kier alpha value is -1.28. The highest BCUT2D eigenvalue weighted by molar-refractivity contribution is 5.46. The van der Waals surface area contributed by atoms with E-state index in [4.69, 9.17) is 5.73 Å². The highest BCUT2D eigenvalue weighted by Gasteiger charge is 2.27. The van der Waals surface area contributed by atoms with Gasteiger partial charge in [-0.25, -0.2) is 0 Å². The molecule has 0 aromatic heterocycles. The fraction of sp³-hybridized carbons (Fsp3) is 0.467. The molecule has 2 heteroatoms. The van der Waals surface area contributed by atoms with Crippen LogP contribution in [-0.4, -0.2) is 24.0 Å². The first-order valence-corrected chi connectivity index (χ1v) is 6.49. The van der Waals surface area contributed by atoms with Gasteiger partial charge in [-0.2, -0.15) is 0 Å². The molecule has 0 amide bonds. The summed E-state index contributed by atoms with van der Waals surface area (Å²) in [4.78, 5) is 2.53. The summed E-state index contributed by atoms with van der Waals surface area (Å²) in [5.41, 5.74) is 8.14. The second-order valence-corrected chi connectivity index (χ2v) is 4.82. The molecule has 1 aliphatic carbocycles. The number of nitrogens with two attached hydrogens (primary N) is 1. The molecule has 1 aromatic rings. The summed E-state index contributed by atoms with van der Waals surface area (Å²) < 4.78 is 0. The van der Waals surface area contributed by atoms with E-state index in [-0.39, 0.29) is 0 Å². The van der Waals surface area contributed by atoms with Gasteiger partial charge in [-0.15, -0.1) is 6.58 Å². The van der Waals surface area contributed by atoms with Crippen LogP contribution in [0.2, 0.25) is 0 Å². The Bertz CT molecular complexity index is 369. The molecule has 2 rings (SSSR count). The Morgan fingerprint density at radius 2 is 2.12 bits per heavy atom. The van der Waals surface area contributed by atoms with Gasteiger partial charge in [-0.3, -0.25) is 4.90 Å². The van der Waals surface area contributed by atoms with Gasteiger partial charge >= 0.3 is 0 Å². The van der Waals surface area contributed by atoms with Crippen LogP contribution >= 0.6 is 0 Å². The molecule has 1 aromatic carbocycles. The summed E-state index contributed by atoms with van der Waals surface area (Å²) >= 11 is 0. The predicted octanol–water partition coefficient (Wildman–Crippen LogP) is 2.85. The standard InChI is InChI=1S/C15H22N2/c1-2-11-17(14-9-10-14)12-5-7-13-6-3-4-8-15(13)16/h2-4,6,8,14H,1,5,7,9-12,16H2. The Labute approximate surface area is 104 Å². The van der Waals surface area contributed by atoms with Gasteiger partial charge in [-0.1, -0.05) is 24.3 Å². The maximum atomic E-state index is 5.94. The lowest BCUT2D eigenvalue weighted by atomic mass is 10.1. The fourth-order valence-corrected chi connectivity index (χ4v) is 2.26. The van der Waals surface area contributed by atoms with E-state index < -0.39 is 0 Å². The Balaban J connectivity index is 1.78. The molecule has 0 atom stereocenters. The van der Waals surface area contributed by atoms with Crippen LogP contribution < -0.4 is 5.73 Å². The van der Waals surface area contributed by atoms with E-state index in [1.54, 1.807) is 0 Å². The number of anilines is 1. The largest absolute Gasteiger partial charge is 0.399 e. The van der Waals surface area contributed by atoms with E-state index in [0.29, 0.717) is 0 Å². The van der Waals surface area contributed by atoms with E-state index in [9.17, 15) is 0 Å². The van der Waals surface area contributed by atoms with Crippen molar-refractivity contribution in [2.75, 3.05) is 18.8 Å². The summed E-state index contributed by atoms with van der Waals surface area (Å²) in [5, 5.41) is 0. The van der Waals surface area contributed by atoms with Crippen molar-refractivity contribution >= 4 is 5.69 Å². The minimum Gasteiger partial charge on any atom is -0.399 e. The molecule has 0 heterocycles. The van der Waals surface area contributed by atoms with E-state index in [1.165, 1.54) is 24.8 Å². The number of rotatable bonds is 7. The molecule has 0 bridgehead atoms. The van der Waals surface area contributed by atoms with Crippen LogP contribution in [0.5, 0.6) is 0 Å². The summed E-state index contributed by atoms with van der Waals surface area (Å²) in [7, 11) is 0. The molecule has 0 saturated heterocycles. The molecule has 1 fully saturated rings. The number of benzene rings is 1. The molecule has 2 nitrogen and oxygen atoms in total. The number of nitrogen functional groups attached to an aromatic ring is 1. The minimum absolute atomic E-state index is 0.820. The first-order chi connectivity index (χ1) is 8.31. The molecule has 0 spiro atoms. The van der Waals surface area contributed by atoms with Gasteiger partial charge in [0, 0.05) is 18.3 Å². The van der Waals surface area contributed by atoms with Crippen LogP contribution in [0.15, 0.2) is 36.9 Å². The molecular formula is C15H22N2. The lowest BCUT2D eigenvalue weighted by molar-refractivity contribution is 0.288. The summed E-state index contributed by atoms with van der Waals surface area (Å²) in [6, 6.07) is 8.99. The molecule has 0 radical (unpaired) electrons. The monoisotopic (exact) mass is 230 g/mol. The lowest BCUT2D eigenvalue weighted by Gasteiger charge is -2.20. The second-order valence-electron chi connectivity index (χ2n) is 4.82. The number of nitrogens with zero attached hydrogens (tertiary/aromatic N) is 1. The van der Waals surface area contributed by atoms with Crippen molar-refractivity contribution in [3.63, 3.8) is 0 Å². The third-order valence-electron chi connectivity index (χ3n) is 3.37. The Kier molecular flexibility index (Phi) is 4.21. The van der Waals surface area contributed by atoms with Crippen LogP contribution in [0, 0.1) is 0 Å². The van der Waals surface area contributed by atoms with Crippen molar-refractivity contribution in [1.29, 1.82) is 0 Å². The molecular weight excluding hydrogens is 208 g/mol. The smallest absolute Gasteiger partial charge is 0.0346 e. The average Bonchev–Trinajstić information content (AvgIpc) is 3.14. The molecule has 92 valence electrons. The normalized spacial score (nSPS) is 15.1. The number of hydrogen-bond donors (Lipinski definition) is 1. The van der Waals surface area contributed by atoms with Gasteiger partial charge in [0.05, 0.1) is 0 Å². The van der Waals surface area contributed by atoms with Crippen molar-refractivity contribution in [3.8, 4) is 0 Å². The maximum Gasteiger partial charge on any atom is 0.0346 e. The zero-order valence-electron chi connectivity index (χ0n) is 10.4. The van der Waals surface area contributed by atoms with Gasteiger partial charge in [0.2, 0.25) is 0 Å². The van der Waals surface area contributed by atoms with Crippen LogP contribution in [0.3, 0.4) is 0 Å². The number of aryl methyl sites for hydroxylation is 1. The van der Waals surface area contributed by atoms with Gasteiger partial charge < -0.3 is 5.73 Å². The molecule has 0 unspecified atom stereocenters. The second kappa shape index (κ2) is 5.87. The molecule has 1 saturated carbocycles. The van der Waals surface area contributed by atoms with Crippen LogP contribution in [-0.2, 0) is 6.42 Å². The topological polar surface area (TPSA) is 29.3 Å². The van der Waals surface area contributed by atoms with Gasteiger partial charge in [0.15, 0.2) is 0 Å². The SMILES string of the molecule is C=CCN(CCCc1ccccc1N)C1CC1. The predicted molar refractivity (Wildman–Crippen MR) is 74.0 cm³/mol. The lowest BCUT2D eigenvalue weighted by Crippen LogP contribution is -2.27. The Morgan fingerprint density at radius 3 is 2.76 bits per heavy atom. The fourth-order valence-electron chi connectivity index (χ4n) is 2.26. The van der Waals surface area contributed by atoms with E-state index in [1.807, 2.05) is 18.2 Å². The number of para-hydroxylation sites is 1. The third-order valence-corrected chi connectivity index (χ3v) is 3.37. The summed E-state index contributed by atoms with van der Waals surface area (Å²) in [6.45, 7) is 6.01. The van der Waals surface area contributed by atoms with Crippen molar-refractivity contribution in [3.05, 3.63) is 42.5 Å². The maximum absolute atomic E-state index is 5.94. The van der Waals surface area contributed by atoms with E-state index in [0.717, 1.165) is 31.2 Å². The van der Waals surface area contributed by atoms with Gasteiger partial charge in [0.25, 0.3) is 0 Å². The van der Waals surface area contributed by atoms with E-state index >= 15 is 0 Å². The van der Waals surface area contributed by atoms with Crippen LogP contribution in [0.1, 0.15) is 24.8 Å². The zero-order chi connectivity index (χ0) is 12.1. The summed E-state index contributed by atoms with van der Waals surface area (Å²) in [6.07, 6.45) is 6.99. The van der Waals surface area contributed by atoms with Crippen molar-refractivity contribution in [1.82, 2.24) is 4.90 Å². The molecule has 2 N–H and O–H groups in total. The van der Waals surface area contributed by atoms with Gasteiger partial charge in [-0.05, 0) is 43.9 Å². The highest BCUT2D eigenvalue weighted by atomic mass is 15.2. The zero-order valence-corrected chi connectivity index (χ0v) is 10.4. The van der Waals surface area contributed by atoms with Crippen molar-refractivity contribution in [2.24, 2.45) is 0 Å². The summed E-state index contributed by atoms with van der Waals surface area (Å²) in [5.74, 6) is 0. The van der Waals surface area contributed by atoms with Crippen LogP contribution in [0.25, 0.3) is 0 Å². The van der Waals surface area contributed by atoms with Crippen molar-refractivity contribution in [2.45, 2.75) is 31.7 Å². The van der Waals surface area contributed by atoms with E-state index in [2.05, 4.69) is 23.6 Å². The van der Waals surface area contributed by atoms with Crippen LogP contribution in [0.4, 0.5) is 5.69 Å². The van der Waals surface area contributed by atoms with Crippen molar-refractivity contribution < 1.29 is 0 Å². The third kappa shape index (κ3) is 3.60. The van der Waals surface area contributed by atoms with Gasteiger partial charge in [0.1, 0.15) is 0 Å². The molecule has 1 aliphatic rings. The first kappa shape index (κ1) is 12.2. The number of hydrogen-bond acceptors (Lipinski definition) is 2.